The van der Waals surface area contributed by atoms with Crippen LogP contribution in [-0.4, -0.2) is 27.9 Å². The summed E-state index contributed by atoms with van der Waals surface area (Å²) in [5.74, 6) is 0.293. The van der Waals surface area contributed by atoms with Crippen molar-refractivity contribution in [1.82, 2.24) is 15.2 Å². The molecule has 1 aromatic heterocycles. The Kier molecular flexibility index (Phi) is 3.74. The molecule has 6 heteroatoms. The van der Waals surface area contributed by atoms with Crippen molar-refractivity contribution in [3.05, 3.63) is 6.33 Å². The molecule has 0 saturated heterocycles. The van der Waals surface area contributed by atoms with Crippen molar-refractivity contribution in [2.75, 3.05) is 11.9 Å². The molecule has 1 amide bonds. The SMILES string of the molecule is CCCCOC(=O)Nc1ncn[nH]1. The molecule has 1 heterocycles. The van der Waals surface area contributed by atoms with Crippen molar-refractivity contribution >= 4 is 12.0 Å². The summed E-state index contributed by atoms with van der Waals surface area (Å²) in [5.41, 5.74) is 0. The number of nitrogens with one attached hydrogen (secondary N) is 2. The number of unbranched alkanes of at least 4 members (excludes halogenated alkanes) is 1. The molecule has 0 aliphatic carbocycles. The number of hydrogen-bond acceptors (Lipinski definition) is 4. The van der Waals surface area contributed by atoms with E-state index in [-0.39, 0.29) is 0 Å². The summed E-state index contributed by atoms with van der Waals surface area (Å²) in [6.07, 6.45) is 2.66. The maximum absolute atomic E-state index is 11.0. The number of amides is 1. The smallest absolute Gasteiger partial charge is 0.414 e. The first-order valence-corrected chi connectivity index (χ1v) is 4.12. The minimum atomic E-state index is -0.509. The van der Waals surface area contributed by atoms with Crippen molar-refractivity contribution in [1.29, 1.82) is 0 Å². The van der Waals surface area contributed by atoms with Crippen molar-refractivity contribution in [2.45, 2.75) is 19.8 Å². The van der Waals surface area contributed by atoms with Crippen LogP contribution in [0.25, 0.3) is 0 Å². The monoisotopic (exact) mass is 184 g/mol. The van der Waals surface area contributed by atoms with Gasteiger partial charge in [0.15, 0.2) is 0 Å². The zero-order valence-corrected chi connectivity index (χ0v) is 7.41. The van der Waals surface area contributed by atoms with E-state index in [1.807, 2.05) is 6.92 Å². The number of aromatic nitrogens is 3. The molecule has 0 saturated carbocycles. The van der Waals surface area contributed by atoms with Crippen LogP contribution in [0.5, 0.6) is 0 Å². The molecule has 0 aliphatic rings. The van der Waals surface area contributed by atoms with Crippen LogP contribution >= 0.6 is 0 Å². The maximum Gasteiger partial charge on any atom is 0.414 e. The van der Waals surface area contributed by atoms with Gasteiger partial charge in [0.2, 0.25) is 5.95 Å². The fraction of sp³-hybridized carbons (Fsp3) is 0.571. The second kappa shape index (κ2) is 5.13. The van der Waals surface area contributed by atoms with Crippen molar-refractivity contribution in [2.24, 2.45) is 0 Å². The van der Waals surface area contributed by atoms with Gasteiger partial charge in [-0.1, -0.05) is 13.3 Å². The lowest BCUT2D eigenvalue weighted by Crippen LogP contribution is -2.15. The summed E-state index contributed by atoms with van der Waals surface area (Å²) < 4.78 is 4.82. The minimum Gasteiger partial charge on any atom is -0.449 e. The summed E-state index contributed by atoms with van der Waals surface area (Å²) in [4.78, 5) is 14.7. The molecule has 2 N–H and O–H groups in total. The number of ether oxygens (including phenoxy) is 1. The highest BCUT2D eigenvalue weighted by molar-refractivity contribution is 5.81. The number of carbonyl (C=O) groups excluding carboxylic acids is 1. The molecule has 0 atom stereocenters. The number of anilines is 1. The molecule has 0 bridgehead atoms. The maximum atomic E-state index is 11.0. The highest BCUT2D eigenvalue weighted by atomic mass is 16.5. The molecule has 0 unspecified atom stereocenters. The predicted molar refractivity (Wildman–Crippen MR) is 46.3 cm³/mol. The number of hydrogen-bond donors (Lipinski definition) is 2. The van der Waals surface area contributed by atoms with E-state index in [2.05, 4.69) is 20.5 Å². The lowest BCUT2D eigenvalue weighted by atomic mass is 10.4. The predicted octanol–water partition coefficient (Wildman–Crippen LogP) is 1.15. The molecule has 0 radical (unpaired) electrons. The standard InChI is InChI=1S/C7H12N4O2/c1-2-3-4-13-7(12)10-6-8-5-9-11-6/h5H,2-4H2,1H3,(H2,8,9,10,11,12). The van der Waals surface area contributed by atoms with E-state index < -0.39 is 6.09 Å². The average Bonchev–Trinajstić information content (AvgIpc) is 2.57. The van der Waals surface area contributed by atoms with E-state index in [1.165, 1.54) is 6.33 Å². The third-order valence-corrected chi connectivity index (χ3v) is 1.37. The third-order valence-electron chi connectivity index (χ3n) is 1.37. The molecular weight excluding hydrogens is 172 g/mol. The van der Waals surface area contributed by atoms with Gasteiger partial charge in [-0.15, -0.1) is 0 Å². The molecule has 6 nitrogen and oxygen atoms in total. The van der Waals surface area contributed by atoms with Gasteiger partial charge in [-0.3, -0.25) is 5.32 Å². The summed E-state index contributed by atoms with van der Waals surface area (Å²) >= 11 is 0. The Labute approximate surface area is 75.7 Å². The normalized spacial score (nSPS) is 9.62. The van der Waals surface area contributed by atoms with Crippen molar-refractivity contribution in [3.63, 3.8) is 0 Å². The molecule has 13 heavy (non-hydrogen) atoms. The zero-order valence-electron chi connectivity index (χ0n) is 7.41. The van der Waals surface area contributed by atoms with E-state index in [1.54, 1.807) is 0 Å². The van der Waals surface area contributed by atoms with Gasteiger partial charge in [0.05, 0.1) is 6.61 Å². The van der Waals surface area contributed by atoms with Crippen molar-refractivity contribution < 1.29 is 9.53 Å². The Morgan fingerprint density at radius 2 is 2.62 bits per heavy atom. The van der Waals surface area contributed by atoms with Crippen LogP contribution in [0.2, 0.25) is 0 Å². The fourth-order valence-electron chi connectivity index (χ4n) is 0.708. The van der Waals surface area contributed by atoms with E-state index in [4.69, 9.17) is 4.74 Å². The van der Waals surface area contributed by atoms with Gasteiger partial charge in [0.1, 0.15) is 6.33 Å². The Bertz CT molecular complexity index is 247. The van der Waals surface area contributed by atoms with Gasteiger partial charge < -0.3 is 4.74 Å². The number of H-pyrrole nitrogens is 1. The van der Waals surface area contributed by atoms with E-state index in [9.17, 15) is 4.79 Å². The Hall–Kier alpha value is -1.59. The van der Waals surface area contributed by atoms with Gasteiger partial charge in [-0.05, 0) is 6.42 Å². The first kappa shape index (κ1) is 9.50. The topological polar surface area (TPSA) is 79.9 Å². The molecule has 0 fully saturated rings. The van der Waals surface area contributed by atoms with Crippen molar-refractivity contribution in [3.8, 4) is 0 Å². The zero-order chi connectivity index (χ0) is 9.52. The second-order valence-corrected chi connectivity index (χ2v) is 2.45. The number of aromatic amines is 1. The van der Waals surface area contributed by atoms with Crippen LogP contribution in [-0.2, 0) is 4.74 Å². The van der Waals surface area contributed by atoms with E-state index >= 15 is 0 Å². The van der Waals surface area contributed by atoms with Crippen LogP contribution in [0.15, 0.2) is 6.33 Å². The van der Waals surface area contributed by atoms with Crippen LogP contribution < -0.4 is 5.32 Å². The van der Waals surface area contributed by atoms with E-state index in [0.29, 0.717) is 12.6 Å². The quantitative estimate of drug-likeness (QED) is 0.688. The summed E-state index contributed by atoms with van der Waals surface area (Å²) in [5, 5.41) is 8.44. The Morgan fingerprint density at radius 3 is 3.23 bits per heavy atom. The van der Waals surface area contributed by atoms with Crippen LogP contribution in [0.3, 0.4) is 0 Å². The molecular formula is C7H12N4O2. The first-order chi connectivity index (χ1) is 6.33. The third kappa shape index (κ3) is 3.55. The van der Waals surface area contributed by atoms with E-state index in [0.717, 1.165) is 12.8 Å². The molecule has 72 valence electrons. The lowest BCUT2D eigenvalue weighted by Gasteiger charge is -2.02. The van der Waals surface area contributed by atoms with Crippen LogP contribution in [0.4, 0.5) is 10.7 Å². The average molecular weight is 184 g/mol. The highest BCUT2D eigenvalue weighted by Gasteiger charge is 2.03. The number of rotatable bonds is 4. The molecule has 1 aromatic rings. The minimum absolute atomic E-state index is 0.293. The van der Waals surface area contributed by atoms with Crippen LogP contribution in [0, 0.1) is 0 Å². The first-order valence-electron chi connectivity index (χ1n) is 4.12. The van der Waals surface area contributed by atoms with Gasteiger partial charge in [0, 0.05) is 0 Å². The van der Waals surface area contributed by atoms with Crippen LogP contribution in [0.1, 0.15) is 19.8 Å². The summed E-state index contributed by atoms with van der Waals surface area (Å²) in [6, 6.07) is 0. The lowest BCUT2D eigenvalue weighted by molar-refractivity contribution is 0.159. The molecule has 0 spiro atoms. The molecule has 1 rings (SSSR count). The molecule has 0 aromatic carbocycles. The van der Waals surface area contributed by atoms with Gasteiger partial charge in [-0.25, -0.2) is 9.89 Å². The van der Waals surface area contributed by atoms with Gasteiger partial charge in [0.25, 0.3) is 0 Å². The Morgan fingerprint density at radius 1 is 1.77 bits per heavy atom. The van der Waals surface area contributed by atoms with Gasteiger partial charge in [-0.2, -0.15) is 10.1 Å². The van der Waals surface area contributed by atoms with Gasteiger partial charge >= 0.3 is 6.09 Å². The summed E-state index contributed by atoms with van der Waals surface area (Å²) in [6.45, 7) is 2.45. The number of nitrogens with zero attached hydrogens (tertiary/aromatic N) is 2. The number of carbonyl (C=O) groups is 1. The molecule has 0 aliphatic heterocycles. The second-order valence-electron chi connectivity index (χ2n) is 2.45. The summed E-state index contributed by atoms with van der Waals surface area (Å²) in [7, 11) is 0. The highest BCUT2D eigenvalue weighted by Crippen LogP contribution is 1.95. The largest absolute Gasteiger partial charge is 0.449 e. The Balaban J connectivity index is 2.18. The fourth-order valence-corrected chi connectivity index (χ4v) is 0.708.